The summed E-state index contributed by atoms with van der Waals surface area (Å²) in [5.41, 5.74) is 4.31. The van der Waals surface area contributed by atoms with Crippen LogP contribution in [0.5, 0.6) is 11.5 Å². The number of nitrogens with one attached hydrogen (secondary N) is 3. The van der Waals surface area contributed by atoms with Crippen molar-refractivity contribution in [3.8, 4) is 11.5 Å². The van der Waals surface area contributed by atoms with Gasteiger partial charge in [0.25, 0.3) is 5.91 Å². The van der Waals surface area contributed by atoms with Gasteiger partial charge < -0.3 is 30.2 Å². The van der Waals surface area contributed by atoms with E-state index in [0.29, 0.717) is 34.9 Å². The van der Waals surface area contributed by atoms with E-state index in [1.807, 2.05) is 103 Å². The summed E-state index contributed by atoms with van der Waals surface area (Å²) in [7, 11) is 3.07. The normalized spacial score (nSPS) is 11.4. The zero-order valence-electron chi connectivity index (χ0n) is 25.8. The number of ether oxygens (including phenoxy) is 3. The number of carbonyl (C=O) groups excluding carboxylic acids is 2. The van der Waals surface area contributed by atoms with Crippen molar-refractivity contribution in [3.05, 3.63) is 156 Å². The first-order valence-electron chi connectivity index (χ1n) is 15.0. The first-order valence-corrected chi connectivity index (χ1v) is 15.0. The van der Waals surface area contributed by atoms with Crippen LogP contribution in [-0.2, 0) is 11.2 Å². The molecule has 234 valence electrons. The third-order valence-electron chi connectivity index (χ3n) is 7.41. The van der Waals surface area contributed by atoms with E-state index in [-0.39, 0.29) is 12.5 Å². The molecule has 0 heterocycles. The SMILES string of the molecule is COc1ccc(CC(CNC(=O)c2ccccc2)OC(c2ccccc2)c2ccccc2)c(NC(=O)Nc2ccccc2)c1OC. The van der Waals surface area contributed by atoms with Gasteiger partial charge in [-0.15, -0.1) is 0 Å². The van der Waals surface area contributed by atoms with Gasteiger partial charge in [-0.1, -0.05) is 103 Å². The molecular weight excluding hydrogens is 578 g/mol. The van der Waals surface area contributed by atoms with Crippen molar-refractivity contribution in [1.29, 1.82) is 0 Å². The molecule has 8 heteroatoms. The predicted molar refractivity (Wildman–Crippen MR) is 181 cm³/mol. The van der Waals surface area contributed by atoms with E-state index in [0.717, 1.165) is 16.7 Å². The fraction of sp³-hybridized carbons (Fsp3) is 0.158. The van der Waals surface area contributed by atoms with E-state index >= 15 is 0 Å². The molecule has 0 aromatic heterocycles. The number of para-hydroxylation sites is 1. The maximum atomic E-state index is 13.2. The quantitative estimate of drug-likeness (QED) is 0.127. The molecule has 0 fully saturated rings. The summed E-state index contributed by atoms with van der Waals surface area (Å²) in [6.45, 7) is 0.202. The van der Waals surface area contributed by atoms with Crippen LogP contribution >= 0.6 is 0 Å². The Bertz CT molecular complexity index is 1660. The van der Waals surface area contributed by atoms with Crippen LogP contribution in [0.15, 0.2) is 133 Å². The molecule has 0 bridgehead atoms. The number of urea groups is 1. The van der Waals surface area contributed by atoms with E-state index in [1.54, 1.807) is 37.4 Å². The summed E-state index contributed by atoms with van der Waals surface area (Å²) >= 11 is 0. The molecule has 3 amide bonds. The van der Waals surface area contributed by atoms with Gasteiger partial charge in [-0.05, 0) is 47.0 Å². The molecule has 0 saturated carbocycles. The Balaban J connectivity index is 1.49. The molecule has 5 aromatic rings. The van der Waals surface area contributed by atoms with Gasteiger partial charge in [0.05, 0.1) is 26.0 Å². The second-order valence-corrected chi connectivity index (χ2v) is 10.5. The Morgan fingerprint density at radius 2 is 1.22 bits per heavy atom. The predicted octanol–water partition coefficient (Wildman–Crippen LogP) is 7.50. The lowest BCUT2D eigenvalue weighted by Gasteiger charge is -2.27. The molecule has 46 heavy (non-hydrogen) atoms. The lowest BCUT2D eigenvalue weighted by atomic mass is 9.99. The highest BCUT2D eigenvalue weighted by molar-refractivity contribution is 6.01. The van der Waals surface area contributed by atoms with Crippen LogP contribution in [0, 0.1) is 0 Å². The van der Waals surface area contributed by atoms with E-state index in [1.165, 1.54) is 7.11 Å². The van der Waals surface area contributed by atoms with Gasteiger partial charge in [-0.3, -0.25) is 4.79 Å². The van der Waals surface area contributed by atoms with Gasteiger partial charge in [0.2, 0.25) is 0 Å². The van der Waals surface area contributed by atoms with Crippen molar-refractivity contribution in [1.82, 2.24) is 5.32 Å². The Morgan fingerprint density at radius 3 is 1.78 bits per heavy atom. The minimum Gasteiger partial charge on any atom is -0.493 e. The molecule has 8 nitrogen and oxygen atoms in total. The zero-order valence-corrected chi connectivity index (χ0v) is 25.8. The standard InChI is InChI=1S/C38H37N3O5/c1-44-33-24-23-30(34(36(33)45-2)41-38(43)40-31-21-13-6-14-22-31)25-32(26-39-37(42)29-19-11-5-12-20-29)46-35(27-15-7-3-8-16-27)28-17-9-4-10-18-28/h3-24,32,35H,25-26H2,1-2H3,(H,39,42)(H2,40,41,43). The first kappa shape index (κ1) is 31.8. The highest BCUT2D eigenvalue weighted by Gasteiger charge is 2.25. The number of anilines is 2. The zero-order chi connectivity index (χ0) is 32.1. The van der Waals surface area contributed by atoms with Crippen molar-refractivity contribution in [2.75, 3.05) is 31.4 Å². The average molecular weight is 616 g/mol. The van der Waals surface area contributed by atoms with Gasteiger partial charge in [0.1, 0.15) is 6.10 Å². The summed E-state index contributed by atoms with van der Waals surface area (Å²) in [6, 6.07) is 41.3. The maximum absolute atomic E-state index is 13.2. The highest BCUT2D eigenvalue weighted by Crippen LogP contribution is 2.39. The molecule has 1 unspecified atom stereocenters. The lowest BCUT2D eigenvalue weighted by Crippen LogP contribution is -2.36. The van der Waals surface area contributed by atoms with Crippen molar-refractivity contribution < 1.29 is 23.8 Å². The van der Waals surface area contributed by atoms with Gasteiger partial charge in [0, 0.05) is 24.2 Å². The summed E-state index contributed by atoms with van der Waals surface area (Å²) in [5, 5.41) is 8.88. The van der Waals surface area contributed by atoms with Crippen molar-refractivity contribution in [2.45, 2.75) is 18.6 Å². The molecule has 0 aliphatic rings. The molecule has 5 rings (SSSR count). The van der Waals surface area contributed by atoms with Gasteiger partial charge >= 0.3 is 6.03 Å². The smallest absolute Gasteiger partial charge is 0.323 e. The summed E-state index contributed by atoms with van der Waals surface area (Å²) in [6.07, 6.45) is -0.611. The summed E-state index contributed by atoms with van der Waals surface area (Å²) in [5.74, 6) is 0.624. The Kier molecular flexibility index (Phi) is 11.0. The molecule has 0 saturated heterocycles. The van der Waals surface area contributed by atoms with Crippen LogP contribution < -0.4 is 25.4 Å². The molecule has 0 spiro atoms. The number of amides is 3. The van der Waals surface area contributed by atoms with Crippen molar-refractivity contribution in [2.24, 2.45) is 0 Å². The number of carbonyl (C=O) groups is 2. The maximum Gasteiger partial charge on any atom is 0.323 e. The van der Waals surface area contributed by atoms with E-state index in [9.17, 15) is 9.59 Å². The topological polar surface area (TPSA) is 97.9 Å². The van der Waals surface area contributed by atoms with Crippen molar-refractivity contribution in [3.63, 3.8) is 0 Å². The third kappa shape index (κ3) is 8.31. The third-order valence-corrected chi connectivity index (χ3v) is 7.41. The molecule has 0 radical (unpaired) electrons. The summed E-state index contributed by atoms with van der Waals surface area (Å²) < 4.78 is 18.2. The Hall–Kier alpha value is -5.60. The fourth-order valence-corrected chi connectivity index (χ4v) is 5.18. The fourth-order valence-electron chi connectivity index (χ4n) is 5.18. The number of benzene rings is 5. The Labute approximate surface area is 269 Å². The number of methoxy groups -OCH3 is 2. The molecule has 3 N–H and O–H groups in total. The van der Waals surface area contributed by atoms with Crippen LogP contribution in [0.2, 0.25) is 0 Å². The number of rotatable bonds is 13. The molecule has 1 atom stereocenters. The lowest BCUT2D eigenvalue weighted by molar-refractivity contribution is 0.00931. The van der Waals surface area contributed by atoms with E-state index in [4.69, 9.17) is 14.2 Å². The summed E-state index contributed by atoms with van der Waals surface area (Å²) in [4.78, 5) is 26.3. The van der Waals surface area contributed by atoms with Gasteiger partial charge in [-0.25, -0.2) is 4.79 Å². The van der Waals surface area contributed by atoms with E-state index in [2.05, 4.69) is 16.0 Å². The highest BCUT2D eigenvalue weighted by atomic mass is 16.5. The second-order valence-electron chi connectivity index (χ2n) is 10.5. The van der Waals surface area contributed by atoms with Crippen LogP contribution in [0.1, 0.15) is 33.2 Å². The largest absolute Gasteiger partial charge is 0.493 e. The van der Waals surface area contributed by atoms with Gasteiger partial charge in [-0.2, -0.15) is 0 Å². The van der Waals surface area contributed by atoms with Crippen LogP contribution in [0.3, 0.4) is 0 Å². The number of hydrogen-bond donors (Lipinski definition) is 3. The molecule has 5 aromatic carbocycles. The molecular formula is C38H37N3O5. The van der Waals surface area contributed by atoms with Gasteiger partial charge in [0.15, 0.2) is 11.5 Å². The average Bonchev–Trinajstić information content (AvgIpc) is 3.11. The van der Waals surface area contributed by atoms with Crippen LogP contribution in [0.4, 0.5) is 16.2 Å². The Morgan fingerprint density at radius 1 is 0.652 bits per heavy atom. The van der Waals surface area contributed by atoms with Crippen LogP contribution in [-0.4, -0.2) is 38.8 Å². The van der Waals surface area contributed by atoms with E-state index < -0.39 is 18.2 Å². The minimum atomic E-state index is -0.520. The monoisotopic (exact) mass is 615 g/mol. The molecule has 0 aliphatic heterocycles. The number of hydrogen-bond acceptors (Lipinski definition) is 5. The first-order chi connectivity index (χ1) is 22.6. The minimum absolute atomic E-state index is 0.202. The second kappa shape index (κ2) is 15.9. The van der Waals surface area contributed by atoms with Crippen LogP contribution in [0.25, 0.3) is 0 Å². The van der Waals surface area contributed by atoms with Crippen molar-refractivity contribution >= 4 is 23.3 Å². The molecule has 0 aliphatic carbocycles.